The van der Waals surface area contributed by atoms with Crippen LogP contribution in [0, 0.1) is 71.0 Å². The van der Waals surface area contributed by atoms with E-state index < -0.39 is 0 Å². The molecule has 0 amide bonds. The fourth-order valence-corrected chi connectivity index (χ4v) is 9.99. The molecule has 0 saturated heterocycles. The van der Waals surface area contributed by atoms with Gasteiger partial charge in [0.2, 0.25) is 0 Å². The molecular weight excluding hydrogens is 424 g/mol. The van der Waals surface area contributed by atoms with E-state index in [2.05, 4.69) is 24.3 Å². The lowest BCUT2D eigenvalue weighted by molar-refractivity contribution is -0.151. The van der Waals surface area contributed by atoms with Crippen molar-refractivity contribution in [2.45, 2.75) is 64.2 Å². The quantitative estimate of drug-likeness (QED) is 0.348. The first-order chi connectivity index (χ1) is 16.6. The van der Waals surface area contributed by atoms with Crippen LogP contribution in [-0.4, -0.2) is 25.2 Å². The van der Waals surface area contributed by atoms with Gasteiger partial charge in [0.15, 0.2) is 0 Å². The summed E-state index contributed by atoms with van der Waals surface area (Å²) in [5.41, 5.74) is 0. The SMILES string of the molecule is O=C(OCCC1CC2CC1C1C(CCOC(=O)C3CC4C=CC3C4)CCC21)C1CC2C=CC1C2. The standard InChI is InChI=1S/C30H40O4/c31-29(26-13-17-1-3-20(26)11-17)33-9-7-19-5-6-24-23-15-22(25(16-23)28(19)24)8-10-34-30(32)27-14-18-2-4-21(27)12-18/h1-4,17-28H,5-16H2. The average Bonchev–Trinajstić information content (AvgIpc) is 3.67. The molecule has 7 aliphatic carbocycles. The van der Waals surface area contributed by atoms with E-state index in [9.17, 15) is 9.59 Å². The predicted octanol–water partition coefficient (Wildman–Crippen LogP) is 5.58. The molecule has 0 heterocycles. The smallest absolute Gasteiger partial charge is 0.309 e. The van der Waals surface area contributed by atoms with Gasteiger partial charge in [-0.05, 0) is 123 Å². The molecule has 0 aliphatic heterocycles. The Morgan fingerprint density at radius 3 is 1.82 bits per heavy atom. The van der Waals surface area contributed by atoms with Gasteiger partial charge < -0.3 is 9.47 Å². The molecule has 0 spiro atoms. The molecule has 12 unspecified atom stereocenters. The average molecular weight is 465 g/mol. The third kappa shape index (κ3) is 3.61. The van der Waals surface area contributed by atoms with Crippen molar-refractivity contribution in [1.29, 1.82) is 0 Å². The molecule has 0 radical (unpaired) electrons. The molecule has 12 atom stereocenters. The molecule has 6 bridgehead atoms. The summed E-state index contributed by atoms with van der Waals surface area (Å²) in [5.74, 6) is 7.34. The molecule has 34 heavy (non-hydrogen) atoms. The van der Waals surface area contributed by atoms with Crippen LogP contribution in [0.3, 0.4) is 0 Å². The zero-order valence-electron chi connectivity index (χ0n) is 20.4. The van der Waals surface area contributed by atoms with Gasteiger partial charge in [-0.15, -0.1) is 0 Å². The number of carbonyl (C=O) groups is 2. The molecule has 5 saturated carbocycles. The van der Waals surface area contributed by atoms with Crippen molar-refractivity contribution >= 4 is 11.9 Å². The maximum absolute atomic E-state index is 12.6. The van der Waals surface area contributed by atoms with E-state index in [1.807, 2.05) is 0 Å². The highest BCUT2D eigenvalue weighted by molar-refractivity contribution is 5.74. The number of ether oxygens (including phenoxy) is 2. The Hall–Kier alpha value is -1.58. The molecule has 5 fully saturated rings. The molecule has 0 aromatic carbocycles. The predicted molar refractivity (Wildman–Crippen MR) is 128 cm³/mol. The minimum Gasteiger partial charge on any atom is -0.465 e. The van der Waals surface area contributed by atoms with Crippen molar-refractivity contribution in [3.05, 3.63) is 24.3 Å². The van der Waals surface area contributed by atoms with E-state index in [4.69, 9.17) is 9.47 Å². The minimum absolute atomic E-state index is 0.0596. The Morgan fingerprint density at radius 2 is 1.26 bits per heavy atom. The van der Waals surface area contributed by atoms with Gasteiger partial charge >= 0.3 is 11.9 Å². The van der Waals surface area contributed by atoms with Gasteiger partial charge in [-0.2, -0.15) is 0 Å². The van der Waals surface area contributed by atoms with Crippen molar-refractivity contribution in [1.82, 2.24) is 0 Å². The lowest BCUT2D eigenvalue weighted by atomic mass is 9.71. The zero-order chi connectivity index (χ0) is 22.8. The molecule has 0 aromatic rings. The van der Waals surface area contributed by atoms with E-state index in [0.29, 0.717) is 36.9 Å². The summed E-state index contributed by atoms with van der Waals surface area (Å²) in [6.07, 6.45) is 20.9. The first-order valence-electron chi connectivity index (χ1n) is 14.3. The largest absolute Gasteiger partial charge is 0.465 e. The van der Waals surface area contributed by atoms with Crippen LogP contribution in [0.15, 0.2) is 24.3 Å². The summed E-state index contributed by atoms with van der Waals surface area (Å²) in [6.45, 7) is 1.23. The van der Waals surface area contributed by atoms with Gasteiger partial charge in [0, 0.05) is 0 Å². The first kappa shape index (κ1) is 21.7. The Morgan fingerprint density at radius 1 is 0.647 bits per heavy atom. The Kier molecular flexibility index (Phi) is 5.43. The number of hydrogen-bond acceptors (Lipinski definition) is 4. The second-order valence-electron chi connectivity index (χ2n) is 12.9. The molecular formula is C30H40O4. The van der Waals surface area contributed by atoms with Crippen LogP contribution < -0.4 is 0 Å². The lowest BCUT2D eigenvalue weighted by Gasteiger charge is -2.35. The second-order valence-corrected chi connectivity index (χ2v) is 12.9. The number of allylic oxidation sites excluding steroid dienone is 4. The minimum atomic E-state index is 0.0596. The van der Waals surface area contributed by atoms with Crippen LogP contribution in [0.5, 0.6) is 0 Å². The van der Waals surface area contributed by atoms with Gasteiger partial charge in [-0.25, -0.2) is 0 Å². The molecule has 0 aromatic heterocycles. The fraction of sp³-hybridized carbons (Fsp3) is 0.800. The lowest BCUT2D eigenvalue weighted by Crippen LogP contribution is -2.30. The fourth-order valence-electron chi connectivity index (χ4n) is 9.99. The van der Waals surface area contributed by atoms with E-state index in [-0.39, 0.29) is 23.8 Å². The maximum atomic E-state index is 12.6. The van der Waals surface area contributed by atoms with Crippen LogP contribution in [0.4, 0.5) is 0 Å². The summed E-state index contributed by atoms with van der Waals surface area (Å²) >= 11 is 0. The number of hydrogen-bond donors (Lipinski definition) is 0. The van der Waals surface area contributed by atoms with Crippen LogP contribution in [-0.2, 0) is 19.1 Å². The van der Waals surface area contributed by atoms with Gasteiger partial charge in [0.1, 0.15) is 0 Å². The second kappa shape index (κ2) is 8.52. The van der Waals surface area contributed by atoms with Gasteiger partial charge in [0.25, 0.3) is 0 Å². The van der Waals surface area contributed by atoms with Gasteiger partial charge in [-0.3, -0.25) is 9.59 Å². The summed E-state index contributed by atoms with van der Waals surface area (Å²) in [4.78, 5) is 25.2. The van der Waals surface area contributed by atoms with E-state index >= 15 is 0 Å². The molecule has 184 valence electrons. The molecule has 4 nitrogen and oxygen atoms in total. The monoisotopic (exact) mass is 464 g/mol. The molecule has 7 rings (SSSR count). The Labute approximate surface area is 203 Å². The number of rotatable bonds is 8. The zero-order valence-corrected chi connectivity index (χ0v) is 20.4. The van der Waals surface area contributed by atoms with Gasteiger partial charge in [-0.1, -0.05) is 24.3 Å². The van der Waals surface area contributed by atoms with Crippen molar-refractivity contribution in [2.75, 3.05) is 13.2 Å². The van der Waals surface area contributed by atoms with Crippen molar-refractivity contribution in [2.24, 2.45) is 71.0 Å². The normalized spacial score (nSPS) is 48.7. The van der Waals surface area contributed by atoms with Crippen LogP contribution >= 0.6 is 0 Å². The van der Waals surface area contributed by atoms with Crippen LogP contribution in [0.2, 0.25) is 0 Å². The Balaban J connectivity index is 0.879. The van der Waals surface area contributed by atoms with E-state index in [0.717, 1.165) is 74.0 Å². The van der Waals surface area contributed by atoms with Crippen LogP contribution in [0.1, 0.15) is 64.2 Å². The third-order valence-corrected chi connectivity index (χ3v) is 11.4. The van der Waals surface area contributed by atoms with Crippen molar-refractivity contribution in [3.8, 4) is 0 Å². The van der Waals surface area contributed by atoms with Crippen molar-refractivity contribution < 1.29 is 19.1 Å². The van der Waals surface area contributed by atoms with E-state index in [1.165, 1.54) is 25.7 Å². The molecule has 4 heteroatoms. The summed E-state index contributed by atoms with van der Waals surface area (Å²) < 4.78 is 11.6. The first-order valence-corrected chi connectivity index (χ1v) is 14.3. The Bertz CT molecular complexity index is 890. The molecule has 7 aliphatic rings. The summed E-state index contributed by atoms with van der Waals surface area (Å²) in [5, 5.41) is 0. The maximum Gasteiger partial charge on any atom is 0.309 e. The van der Waals surface area contributed by atoms with Crippen LogP contribution in [0.25, 0.3) is 0 Å². The van der Waals surface area contributed by atoms with Gasteiger partial charge in [0.05, 0.1) is 25.0 Å². The topological polar surface area (TPSA) is 52.6 Å². The highest BCUT2D eigenvalue weighted by Gasteiger charge is 2.56. The third-order valence-electron chi connectivity index (χ3n) is 11.4. The number of esters is 2. The summed E-state index contributed by atoms with van der Waals surface area (Å²) in [6, 6.07) is 0. The number of fused-ring (bicyclic) bond motifs is 9. The highest BCUT2D eigenvalue weighted by Crippen LogP contribution is 2.64. The highest BCUT2D eigenvalue weighted by atomic mass is 16.5. The van der Waals surface area contributed by atoms with Crippen molar-refractivity contribution in [3.63, 3.8) is 0 Å². The number of carbonyl (C=O) groups excluding carboxylic acids is 2. The molecule has 0 N–H and O–H groups in total. The summed E-state index contributed by atoms with van der Waals surface area (Å²) in [7, 11) is 0. The van der Waals surface area contributed by atoms with E-state index in [1.54, 1.807) is 0 Å².